The number of sulfonamides is 1. The van der Waals surface area contributed by atoms with Gasteiger partial charge >= 0.3 is 0 Å². The van der Waals surface area contributed by atoms with Crippen molar-refractivity contribution in [2.75, 3.05) is 46.0 Å². The van der Waals surface area contributed by atoms with Gasteiger partial charge in [0.05, 0.1) is 12.3 Å². The van der Waals surface area contributed by atoms with E-state index in [9.17, 15) is 16.8 Å². The molecule has 0 saturated carbocycles. The fourth-order valence-electron chi connectivity index (χ4n) is 1.95. The quantitative estimate of drug-likeness (QED) is 0.648. The summed E-state index contributed by atoms with van der Waals surface area (Å²) < 4.78 is 51.2. The van der Waals surface area contributed by atoms with E-state index < -0.39 is 20.2 Å². The van der Waals surface area contributed by atoms with Gasteiger partial charge in [0, 0.05) is 46.2 Å². The zero-order chi connectivity index (χ0) is 15.4. The maximum Gasteiger partial charge on any atom is 0.281 e. The second-order valence-corrected chi connectivity index (χ2v) is 8.67. The van der Waals surface area contributed by atoms with Gasteiger partial charge in [0.15, 0.2) is 0 Å². The molecule has 0 bridgehead atoms. The van der Waals surface area contributed by atoms with Crippen LogP contribution in [0.1, 0.15) is 12.8 Å². The van der Waals surface area contributed by atoms with Gasteiger partial charge < -0.3 is 0 Å². The highest BCUT2D eigenvalue weighted by molar-refractivity contribution is 7.88. The zero-order valence-corrected chi connectivity index (χ0v) is 13.3. The SMILES string of the molecule is CN(CCC#N)S(=O)(=O)N1CCCN(S(C)(=O)=O)CC1. The van der Waals surface area contributed by atoms with E-state index in [4.69, 9.17) is 5.26 Å². The molecule has 0 aromatic carbocycles. The van der Waals surface area contributed by atoms with Crippen molar-refractivity contribution in [2.45, 2.75) is 12.8 Å². The van der Waals surface area contributed by atoms with Crippen LogP contribution in [0.15, 0.2) is 0 Å². The average molecular weight is 324 g/mol. The van der Waals surface area contributed by atoms with E-state index in [-0.39, 0.29) is 32.6 Å². The molecule has 20 heavy (non-hydrogen) atoms. The van der Waals surface area contributed by atoms with Gasteiger partial charge in [-0.25, -0.2) is 12.7 Å². The molecule has 1 aliphatic rings. The molecule has 0 atom stereocenters. The average Bonchev–Trinajstić information content (AvgIpc) is 2.61. The molecule has 1 fully saturated rings. The Bertz CT molecular complexity index is 567. The molecular formula is C10H20N4O4S2. The number of rotatable bonds is 5. The van der Waals surface area contributed by atoms with Gasteiger partial charge in [0.2, 0.25) is 10.0 Å². The number of nitrogens with zero attached hydrogens (tertiary/aromatic N) is 4. The highest BCUT2D eigenvalue weighted by atomic mass is 32.2. The van der Waals surface area contributed by atoms with Crippen LogP contribution in [0.2, 0.25) is 0 Å². The van der Waals surface area contributed by atoms with Crippen molar-refractivity contribution in [3.8, 4) is 6.07 Å². The number of hydrogen-bond donors (Lipinski definition) is 0. The van der Waals surface area contributed by atoms with Crippen LogP contribution in [0, 0.1) is 11.3 Å². The van der Waals surface area contributed by atoms with E-state index in [0.29, 0.717) is 13.0 Å². The van der Waals surface area contributed by atoms with Crippen LogP contribution in [0.25, 0.3) is 0 Å². The third-order valence-electron chi connectivity index (χ3n) is 3.14. The first-order valence-electron chi connectivity index (χ1n) is 6.23. The van der Waals surface area contributed by atoms with Gasteiger partial charge in [-0.2, -0.15) is 22.3 Å². The molecule has 0 radical (unpaired) electrons. The molecule has 0 N–H and O–H groups in total. The first kappa shape index (κ1) is 17.3. The molecule has 0 aromatic heterocycles. The molecule has 10 heteroatoms. The molecule has 1 aliphatic heterocycles. The second-order valence-electron chi connectivity index (χ2n) is 4.65. The molecular weight excluding hydrogens is 304 g/mol. The van der Waals surface area contributed by atoms with Gasteiger partial charge in [-0.3, -0.25) is 0 Å². The Morgan fingerprint density at radius 2 is 1.65 bits per heavy atom. The van der Waals surface area contributed by atoms with Crippen LogP contribution in [0.4, 0.5) is 0 Å². The van der Waals surface area contributed by atoms with E-state index in [1.54, 1.807) is 0 Å². The van der Waals surface area contributed by atoms with Crippen LogP contribution >= 0.6 is 0 Å². The summed E-state index contributed by atoms with van der Waals surface area (Å²) >= 11 is 0. The Hall–Kier alpha value is -0.730. The molecule has 1 rings (SSSR count). The first-order valence-corrected chi connectivity index (χ1v) is 9.47. The molecule has 0 aliphatic carbocycles. The van der Waals surface area contributed by atoms with Crippen molar-refractivity contribution in [1.82, 2.24) is 12.9 Å². The Balaban J connectivity index is 2.76. The summed E-state index contributed by atoms with van der Waals surface area (Å²) in [6.07, 6.45) is 1.70. The van der Waals surface area contributed by atoms with Crippen molar-refractivity contribution >= 4 is 20.2 Å². The van der Waals surface area contributed by atoms with Crippen LogP contribution in [0.3, 0.4) is 0 Å². The number of nitriles is 1. The summed E-state index contributed by atoms with van der Waals surface area (Å²) in [5.41, 5.74) is 0. The normalized spacial score (nSPS) is 19.7. The van der Waals surface area contributed by atoms with Crippen LogP contribution in [-0.2, 0) is 20.2 Å². The molecule has 1 heterocycles. The molecule has 1 saturated heterocycles. The van der Waals surface area contributed by atoms with Crippen LogP contribution < -0.4 is 0 Å². The minimum atomic E-state index is -3.63. The van der Waals surface area contributed by atoms with Gasteiger partial charge in [0.1, 0.15) is 0 Å². The van der Waals surface area contributed by atoms with Gasteiger partial charge in [-0.15, -0.1) is 0 Å². The van der Waals surface area contributed by atoms with Crippen LogP contribution in [-0.4, -0.2) is 75.8 Å². The predicted molar refractivity (Wildman–Crippen MR) is 74.4 cm³/mol. The highest BCUT2D eigenvalue weighted by Crippen LogP contribution is 2.13. The fraction of sp³-hybridized carbons (Fsp3) is 0.900. The van der Waals surface area contributed by atoms with Crippen LogP contribution in [0.5, 0.6) is 0 Å². The largest absolute Gasteiger partial charge is 0.281 e. The summed E-state index contributed by atoms with van der Waals surface area (Å²) in [5.74, 6) is 0. The van der Waals surface area contributed by atoms with Crippen molar-refractivity contribution in [2.24, 2.45) is 0 Å². The fourth-order valence-corrected chi connectivity index (χ4v) is 4.21. The molecule has 0 spiro atoms. The molecule has 116 valence electrons. The maximum atomic E-state index is 12.3. The van der Waals surface area contributed by atoms with Gasteiger partial charge in [-0.05, 0) is 6.42 Å². The van der Waals surface area contributed by atoms with Crippen molar-refractivity contribution in [3.63, 3.8) is 0 Å². The molecule has 0 aromatic rings. The summed E-state index contributed by atoms with van der Waals surface area (Å²) in [6, 6.07) is 1.90. The van der Waals surface area contributed by atoms with E-state index in [2.05, 4.69) is 0 Å². The van der Waals surface area contributed by atoms with E-state index in [1.807, 2.05) is 6.07 Å². The first-order chi connectivity index (χ1) is 9.19. The molecule has 8 nitrogen and oxygen atoms in total. The summed E-state index contributed by atoms with van der Waals surface area (Å²) in [6.45, 7) is 1.03. The topological polar surface area (TPSA) is 102 Å². The number of hydrogen-bond acceptors (Lipinski definition) is 5. The third-order valence-corrected chi connectivity index (χ3v) is 6.43. The lowest BCUT2D eigenvalue weighted by Gasteiger charge is -2.25. The van der Waals surface area contributed by atoms with Crippen molar-refractivity contribution < 1.29 is 16.8 Å². The minimum absolute atomic E-state index is 0.124. The van der Waals surface area contributed by atoms with Gasteiger partial charge in [0.25, 0.3) is 10.2 Å². The zero-order valence-electron chi connectivity index (χ0n) is 11.7. The van der Waals surface area contributed by atoms with E-state index in [0.717, 1.165) is 10.6 Å². The maximum absolute atomic E-state index is 12.3. The Morgan fingerprint density at radius 1 is 1.10 bits per heavy atom. The smallest absolute Gasteiger partial charge is 0.213 e. The Morgan fingerprint density at radius 3 is 2.20 bits per heavy atom. The molecule has 0 amide bonds. The summed E-state index contributed by atoms with van der Waals surface area (Å²) in [5, 5.41) is 8.50. The summed E-state index contributed by atoms with van der Waals surface area (Å²) in [4.78, 5) is 0. The standard InChI is InChI=1S/C10H20N4O4S2/c1-12(6-3-5-11)20(17,18)14-8-4-7-13(9-10-14)19(2,15)16/h3-4,6-10H2,1-2H3. The van der Waals surface area contributed by atoms with E-state index >= 15 is 0 Å². The van der Waals surface area contributed by atoms with Gasteiger partial charge in [-0.1, -0.05) is 0 Å². The second kappa shape index (κ2) is 6.82. The lowest BCUT2D eigenvalue weighted by atomic mass is 10.4. The monoisotopic (exact) mass is 324 g/mol. The predicted octanol–water partition coefficient (Wildman–Crippen LogP) is -0.956. The summed E-state index contributed by atoms with van der Waals surface area (Å²) in [7, 11) is -5.51. The van der Waals surface area contributed by atoms with E-state index in [1.165, 1.54) is 15.7 Å². The molecule has 0 unspecified atom stereocenters. The Kier molecular flexibility index (Phi) is 5.91. The Labute approximate surface area is 120 Å². The highest BCUT2D eigenvalue weighted by Gasteiger charge is 2.30. The minimum Gasteiger partial charge on any atom is -0.213 e. The van der Waals surface area contributed by atoms with Crippen molar-refractivity contribution in [3.05, 3.63) is 0 Å². The van der Waals surface area contributed by atoms with Crippen molar-refractivity contribution in [1.29, 1.82) is 5.26 Å². The third kappa shape index (κ3) is 4.39. The lowest BCUT2D eigenvalue weighted by Crippen LogP contribution is -2.44. The lowest BCUT2D eigenvalue weighted by molar-refractivity contribution is 0.365.